The Labute approximate surface area is 288 Å². The van der Waals surface area contributed by atoms with E-state index in [2.05, 4.69) is 73.7 Å². The molecule has 0 spiro atoms. The number of nitrogens with zero attached hydrogens (tertiary/aromatic N) is 2. The molecule has 0 saturated carbocycles. The molecular weight excluding hydrogens is 641 g/mol. The zero-order valence-corrected chi connectivity index (χ0v) is 28.6. The fourth-order valence-corrected chi connectivity index (χ4v) is 9.48. The van der Waals surface area contributed by atoms with E-state index in [0.29, 0.717) is 12.8 Å². The summed E-state index contributed by atoms with van der Waals surface area (Å²) in [5.41, 5.74) is 5.77. The molecule has 2 aliphatic rings. The summed E-state index contributed by atoms with van der Waals surface area (Å²) in [5.74, 6) is -1.89. The van der Waals surface area contributed by atoms with Crippen molar-refractivity contribution in [3.8, 4) is 0 Å². The highest BCUT2D eigenvalue weighted by Gasteiger charge is 2.32. The summed E-state index contributed by atoms with van der Waals surface area (Å²) in [4.78, 5) is 31.3. The van der Waals surface area contributed by atoms with Crippen LogP contribution in [0.3, 0.4) is 0 Å². The first kappa shape index (κ1) is 32.9. The number of carboxylic acid groups (broad SMARTS) is 2. The average Bonchev–Trinajstić information content (AvgIpc) is 3.92. The van der Waals surface area contributed by atoms with Gasteiger partial charge >= 0.3 is 11.9 Å². The molecule has 250 valence electrons. The van der Waals surface area contributed by atoms with Crippen LogP contribution >= 0.6 is 22.7 Å². The molecule has 2 saturated heterocycles. The summed E-state index contributed by atoms with van der Waals surface area (Å²) >= 11 is 3.47. The van der Waals surface area contributed by atoms with Crippen LogP contribution in [-0.4, -0.2) is 58.2 Å². The Morgan fingerprint density at radius 2 is 1.31 bits per heavy atom. The monoisotopic (exact) mass is 682 g/mol. The second-order valence-electron chi connectivity index (χ2n) is 13.5. The fourth-order valence-electron chi connectivity index (χ4n) is 7.62. The SMILES string of the molecule is O=C(O)[C@@H](Cc1ccc2scc(CN(Cc3cccnc3)Cc3csc4ccc(C[C@H](C(=O)O)[C@H]5CCNC5)cc34)c2c1)[C@H]1CCNC1. The minimum atomic E-state index is -0.711. The Hall–Kier alpha value is -3.67. The molecule has 4 N–H and O–H groups in total. The van der Waals surface area contributed by atoms with E-state index >= 15 is 0 Å². The normalized spacial score (nSPS) is 19.4. The molecule has 7 rings (SSSR count). The molecule has 0 radical (unpaired) electrons. The molecule has 5 aromatic rings. The van der Waals surface area contributed by atoms with E-state index in [0.717, 1.165) is 75.3 Å². The Kier molecular flexibility index (Phi) is 10.2. The van der Waals surface area contributed by atoms with Crippen LogP contribution in [0.25, 0.3) is 20.2 Å². The summed E-state index contributed by atoms with van der Waals surface area (Å²) in [5, 5.41) is 33.6. The molecule has 2 aromatic carbocycles. The van der Waals surface area contributed by atoms with Crippen LogP contribution in [-0.2, 0) is 42.1 Å². The topological polar surface area (TPSA) is 115 Å². The molecule has 48 heavy (non-hydrogen) atoms. The number of carbonyl (C=O) groups is 2. The van der Waals surface area contributed by atoms with E-state index in [9.17, 15) is 19.8 Å². The fraction of sp³-hybridized carbons (Fsp3) is 0.395. The minimum absolute atomic E-state index is 0.158. The lowest BCUT2D eigenvalue weighted by molar-refractivity contribution is -0.144. The van der Waals surface area contributed by atoms with Crippen molar-refractivity contribution < 1.29 is 19.8 Å². The molecule has 10 heteroatoms. The van der Waals surface area contributed by atoms with Gasteiger partial charge in [-0.1, -0.05) is 18.2 Å². The van der Waals surface area contributed by atoms with E-state index in [-0.39, 0.29) is 23.7 Å². The predicted molar refractivity (Wildman–Crippen MR) is 192 cm³/mol. The number of fused-ring (bicyclic) bond motifs is 2. The number of hydrogen-bond donors (Lipinski definition) is 4. The summed E-state index contributed by atoms with van der Waals surface area (Å²) in [6.07, 6.45) is 6.61. The lowest BCUT2D eigenvalue weighted by Crippen LogP contribution is -2.27. The zero-order chi connectivity index (χ0) is 33.0. The molecule has 3 aromatic heterocycles. The number of thiophene rings is 2. The number of pyridine rings is 1. The number of rotatable bonds is 14. The van der Waals surface area contributed by atoms with E-state index in [1.165, 1.54) is 31.3 Å². The van der Waals surface area contributed by atoms with E-state index in [4.69, 9.17) is 0 Å². The lowest BCUT2D eigenvalue weighted by Gasteiger charge is -2.23. The van der Waals surface area contributed by atoms with E-state index < -0.39 is 11.9 Å². The third-order valence-corrected chi connectivity index (χ3v) is 12.3. The highest BCUT2D eigenvalue weighted by atomic mass is 32.1. The summed E-state index contributed by atoms with van der Waals surface area (Å²) in [6, 6.07) is 17.0. The lowest BCUT2D eigenvalue weighted by atomic mass is 9.86. The molecule has 2 fully saturated rings. The maximum atomic E-state index is 12.2. The smallest absolute Gasteiger partial charge is 0.307 e. The predicted octanol–water partition coefficient (Wildman–Crippen LogP) is 6.42. The number of carboxylic acids is 2. The summed E-state index contributed by atoms with van der Waals surface area (Å²) in [7, 11) is 0. The molecule has 8 nitrogen and oxygen atoms in total. The van der Waals surface area contributed by atoms with Gasteiger partial charge in [0.1, 0.15) is 0 Å². The first-order valence-corrected chi connectivity index (χ1v) is 18.6. The molecule has 0 unspecified atom stereocenters. The van der Waals surface area contributed by atoms with Gasteiger partial charge < -0.3 is 20.8 Å². The quantitative estimate of drug-likeness (QED) is 0.106. The number of benzene rings is 2. The second kappa shape index (κ2) is 14.8. The Morgan fingerprint density at radius 3 is 1.75 bits per heavy atom. The van der Waals surface area contributed by atoms with Crippen molar-refractivity contribution in [3.05, 3.63) is 99.5 Å². The first-order valence-electron chi connectivity index (χ1n) is 16.9. The van der Waals surface area contributed by atoms with Crippen molar-refractivity contribution in [2.24, 2.45) is 23.7 Å². The van der Waals surface area contributed by atoms with Crippen molar-refractivity contribution >= 4 is 54.8 Å². The van der Waals surface area contributed by atoms with Crippen molar-refractivity contribution in [3.63, 3.8) is 0 Å². The van der Waals surface area contributed by atoms with Crippen LogP contribution in [0.2, 0.25) is 0 Å². The Morgan fingerprint density at radius 1 is 0.771 bits per heavy atom. The van der Waals surface area contributed by atoms with Crippen LogP contribution < -0.4 is 10.6 Å². The molecule has 4 atom stereocenters. The molecular formula is C38H42N4O4S2. The van der Waals surface area contributed by atoms with Crippen molar-refractivity contribution in [2.75, 3.05) is 26.2 Å². The Bertz CT molecular complexity index is 1760. The summed E-state index contributed by atoms with van der Waals surface area (Å²) < 4.78 is 2.42. The Balaban J connectivity index is 1.15. The number of aromatic nitrogens is 1. The molecule has 5 heterocycles. The maximum absolute atomic E-state index is 12.2. The van der Waals surface area contributed by atoms with Gasteiger partial charge in [-0.2, -0.15) is 0 Å². The molecule has 0 bridgehead atoms. The van der Waals surface area contributed by atoms with Gasteiger partial charge in [0.05, 0.1) is 11.8 Å². The van der Waals surface area contributed by atoms with Gasteiger partial charge in [-0.15, -0.1) is 22.7 Å². The van der Waals surface area contributed by atoms with Crippen LogP contribution in [0, 0.1) is 23.7 Å². The third-order valence-electron chi connectivity index (χ3n) is 10.2. The van der Waals surface area contributed by atoms with Crippen LogP contribution in [0.1, 0.15) is 40.7 Å². The van der Waals surface area contributed by atoms with Crippen molar-refractivity contribution in [1.82, 2.24) is 20.5 Å². The van der Waals surface area contributed by atoms with Crippen LogP contribution in [0.15, 0.2) is 71.7 Å². The standard InChI is InChI=1S/C38H42N4O4S2/c43-37(44)33(27-7-10-40-17-27)14-24-3-5-35-31(12-24)29(22-47-35)20-42(19-26-2-1-9-39-16-26)21-30-23-48-36-6-4-25(13-32(30)36)15-34(38(45)46)28-8-11-41-18-28/h1-6,9,12-13,16,22-23,27-28,33-34,40-41H,7-8,10-11,14-15,17-21H2,(H,43,44)(H,45,46)/t27-,28-,33-,34-/m0/s1. The average molecular weight is 683 g/mol. The van der Waals surface area contributed by atoms with E-state index in [1.807, 2.05) is 12.3 Å². The molecule has 0 aliphatic carbocycles. The highest BCUT2D eigenvalue weighted by molar-refractivity contribution is 7.17. The van der Waals surface area contributed by atoms with Gasteiger partial charge in [0.25, 0.3) is 0 Å². The van der Waals surface area contributed by atoms with Gasteiger partial charge in [-0.3, -0.25) is 19.5 Å². The van der Waals surface area contributed by atoms with Crippen LogP contribution in [0.4, 0.5) is 0 Å². The van der Waals surface area contributed by atoms with E-state index in [1.54, 1.807) is 28.9 Å². The van der Waals surface area contributed by atoms with Crippen molar-refractivity contribution in [2.45, 2.75) is 45.3 Å². The first-order chi connectivity index (χ1) is 23.4. The van der Waals surface area contributed by atoms with Gasteiger partial charge in [0, 0.05) is 41.4 Å². The summed E-state index contributed by atoms with van der Waals surface area (Å²) in [6.45, 7) is 5.51. The maximum Gasteiger partial charge on any atom is 0.307 e. The van der Waals surface area contributed by atoms with Gasteiger partial charge in [-0.05, 0) is 143 Å². The third kappa shape index (κ3) is 7.48. The van der Waals surface area contributed by atoms with Gasteiger partial charge in [0.2, 0.25) is 0 Å². The second-order valence-corrected chi connectivity index (χ2v) is 15.3. The largest absolute Gasteiger partial charge is 0.481 e. The van der Waals surface area contributed by atoms with Crippen molar-refractivity contribution in [1.29, 1.82) is 0 Å². The van der Waals surface area contributed by atoms with Crippen LogP contribution in [0.5, 0.6) is 0 Å². The minimum Gasteiger partial charge on any atom is -0.481 e. The number of aliphatic carboxylic acids is 2. The molecule has 0 amide bonds. The van der Waals surface area contributed by atoms with Gasteiger partial charge in [-0.25, -0.2) is 0 Å². The highest BCUT2D eigenvalue weighted by Crippen LogP contribution is 2.34. The number of hydrogen-bond acceptors (Lipinski definition) is 8. The van der Waals surface area contributed by atoms with Gasteiger partial charge in [0.15, 0.2) is 0 Å². The zero-order valence-electron chi connectivity index (χ0n) is 26.9. The number of nitrogens with one attached hydrogen (secondary N) is 2. The molecule has 2 aliphatic heterocycles.